The molecule has 1 aliphatic carbocycles. The van der Waals surface area contributed by atoms with Crippen molar-refractivity contribution in [1.82, 2.24) is 0 Å². The van der Waals surface area contributed by atoms with Gasteiger partial charge >= 0.3 is 0 Å². The normalized spacial score (nSPS) is 21.3. The molecule has 0 fully saturated rings. The number of hydrogen-bond acceptors (Lipinski definition) is 4. The van der Waals surface area contributed by atoms with E-state index in [2.05, 4.69) is 4.40 Å². The van der Waals surface area contributed by atoms with Gasteiger partial charge in [0.05, 0.1) is 15.9 Å². The van der Waals surface area contributed by atoms with Crippen molar-refractivity contribution in [2.75, 3.05) is 0 Å². The standard InChI is InChI=1S/C8H4ClNOS2/c9-8-7(12-13-10-8)5-1-3-6(11)4-2-5/h1-4H. The van der Waals surface area contributed by atoms with Crippen molar-refractivity contribution in [2.24, 2.45) is 4.40 Å². The molecule has 0 amide bonds. The molecule has 0 saturated heterocycles. The van der Waals surface area contributed by atoms with Gasteiger partial charge in [-0.2, -0.15) is 4.40 Å². The summed E-state index contributed by atoms with van der Waals surface area (Å²) in [6, 6.07) is 0. The zero-order chi connectivity index (χ0) is 9.26. The zero-order valence-corrected chi connectivity index (χ0v) is 8.75. The highest BCUT2D eigenvalue weighted by Crippen LogP contribution is 2.42. The quantitative estimate of drug-likeness (QED) is 0.473. The van der Waals surface area contributed by atoms with Crippen molar-refractivity contribution in [2.45, 2.75) is 0 Å². The second-order valence-corrected chi connectivity index (χ2v) is 4.61. The first-order chi connectivity index (χ1) is 6.27. The molecule has 13 heavy (non-hydrogen) atoms. The molecule has 0 spiro atoms. The fourth-order valence-corrected chi connectivity index (χ4v) is 3.28. The minimum Gasteiger partial charge on any atom is -0.290 e. The van der Waals surface area contributed by atoms with Crippen LogP contribution in [0, 0.1) is 0 Å². The van der Waals surface area contributed by atoms with Gasteiger partial charge in [0.2, 0.25) is 0 Å². The van der Waals surface area contributed by atoms with E-state index in [0.29, 0.717) is 5.17 Å². The Labute approximate surface area is 88.4 Å². The maximum Gasteiger partial charge on any atom is 0.178 e. The summed E-state index contributed by atoms with van der Waals surface area (Å²) in [6.07, 6.45) is 6.56. The first kappa shape index (κ1) is 9.12. The number of rotatable bonds is 0. The van der Waals surface area contributed by atoms with E-state index in [1.165, 1.54) is 33.9 Å². The Morgan fingerprint density at radius 2 is 1.92 bits per heavy atom. The molecule has 5 heteroatoms. The predicted octanol–water partition coefficient (Wildman–Crippen LogP) is 2.88. The van der Waals surface area contributed by atoms with Gasteiger partial charge in [0, 0.05) is 0 Å². The van der Waals surface area contributed by atoms with Gasteiger partial charge in [0.15, 0.2) is 11.0 Å². The Morgan fingerprint density at radius 1 is 1.23 bits per heavy atom. The smallest absolute Gasteiger partial charge is 0.178 e. The third-order valence-corrected chi connectivity index (χ3v) is 3.90. The third-order valence-electron chi connectivity index (χ3n) is 1.54. The fourth-order valence-electron chi connectivity index (χ4n) is 0.938. The lowest BCUT2D eigenvalue weighted by Crippen LogP contribution is -1.95. The van der Waals surface area contributed by atoms with Gasteiger partial charge in [-0.1, -0.05) is 11.6 Å². The van der Waals surface area contributed by atoms with Crippen LogP contribution in [0.3, 0.4) is 0 Å². The van der Waals surface area contributed by atoms with Crippen LogP contribution >= 0.6 is 33.4 Å². The van der Waals surface area contributed by atoms with Gasteiger partial charge in [-0.15, -0.1) is 0 Å². The molecule has 0 N–H and O–H groups in total. The Bertz CT molecular complexity index is 364. The van der Waals surface area contributed by atoms with Gasteiger partial charge < -0.3 is 0 Å². The van der Waals surface area contributed by atoms with Crippen molar-refractivity contribution >= 4 is 44.3 Å². The van der Waals surface area contributed by atoms with Crippen LogP contribution in [0.15, 0.2) is 39.2 Å². The van der Waals surface area contributed by atoms with E-state index in [4.69, 9.17) is 11.6 Å². The molecule has 0 bridgehead atoms. The molecule has 0 aromatic rings. The van der Waals surface area contributed by atoms with E-state index in [-0.39, 0.29) is 5.78 Å². The summed E-state index contributed by atoms with van der Waals surface area (Å²) in [7, 11) is 2.85. The van der Waals surface area contributed by atoms with E-state index >= 15 is 0 Å². The highest BCUT2D eigenvalue weighted by atomic mass is 35.5. The molecule has 0 aromatic heterocycles. The molecule has 2 aliphatic rings. The summed E-state index contributed by atoms with van der Waals surface area (Å²) in [4.78, 5) is 11.8. The van der Waals surface area contributed by atoms with Gasteiger partial charge in [-0.25, -0.2) is 0 Å². The Kier molecular flexibility index (Phi) is 2.62. The summed E-state index contributed by atoms with van der Waals surface area (Å²) in [5.41, 5.74) is 0.948. The third kappa shape index (κ3) is 1.90. The van der Waals surface area contributed by atoms with Gasteiger partial charge in [0.25, 0.3) is 0 Å². The number of hydrogen-bond donors (Lipinski definition) is 0. The van der Waals surface area contributed by atoms with Crippen LogP contribution < -0.4 is 0 Å². The number of ketones is 1. The molecule has 0 atom stereocenters. The van der Waals surface area contributed by atoms with E-state index in [1.54, 1.807) is 12.2 Å². The maximum absolute atomic E-state index is 10.8. The van der Waals surface area contributed by atoms with Crippen LogP contribution in [0.25, 0.3) is 0 Å². The SMILES string of the molecule is O=C1C=CC(=C2SSN=C2Cl)C=C1. The number of carbonyl (C=O) groups excluding carboxylic acids is 1. The highest BCUT2D eigenvalue weighted by molar-refractivity contribution is 8.78. The zero-order valence-electron chi connectivity index (χ0n) is 6.36. The lowest BCUT2D eigenvalue weighted by Gasteiger charge is -2.02. The highest BCUT2D eigenvalue weighted by Gasteiger charge is 2.17. The minimum absolute atomic E-state index is 0.00746. The molecule has 2 rings (SSSR count). The monoisotopic (exact) mass is 229 g/mol. The first-order valence-electron chi connectivity index (χ1n) is 3.49. The molecule has 0 radical (unpaired) electrons. The minimum atomic E-state index is 0.00746. The van der Waals surface area contributed by atoms with E-state index < -0.39 is 0 Å². The van der Waals surface area contributed by atoms with Crippen LogP contribution in [0.2, 0.25) is 0 Å². The van der Waals surface area contributed by atoms with Crippen LogP contribution in [0.5, 0.6) is 0 Å². The van der Waals surface area contributed by atoms with Crippen LogP contribution in [0.4, 0.5) is 0 Å². The van der Waals surface area contributed by atoms with Crippen LogP contribution in [-0.2, 0) is 4.79 Å². The Balaban J connectivity index is 2.36. The molecule has 1 aliphatic heterocycles. The summed E-state index contributed by atoms with van der Waals surface area (Å²) >= 11 is 5.85. The van der Waals surface area contributed by atoms with Crippen molar-refractivity contribution in [1.29, 1.82) is 0 Å². The lowest BCUT2D eigenvalue weighted by molar-refractivity contribution is -0.110. The largest absolute Gasteiger partial charge is 0.290 e. The Hall–Kier alpha value is -0.450. The summed E-state index contributed by atoms with van der Waals surface area (Å²) in [5.74, 6) is 0.00746. The molecule has 0 aromatic carbocycles. The average Bonchev–Trinajstić information content (AvgIpc) is 2.53. The van der Waals surface area contributed by atoms with Gasteiger partial charge in [-0.05, 0) is 40.7 Å². The summed E-state index contributed by atoms with van der Waals surface area (Å²) in [5, 5.41) is 0.508. The summed E-state index contributed by atoms with van der Waals surface area (Å²) in [6.45, 7) is 0. The van der Waals surface area contributed by atoms with Crippen LogP contribution in [0.1, 0.15) is 0 Å². The molecular formula is C8H4ClNOS2. The van der Waals surface area contributed by atoms with Crippen molar-refractivity contribution in [3.8, 4) is 0 Å². The number of allylic oxidation sites excluding steroid dienone is 6. The van der Waals surface area contributed by atoms with E-state index in [9.17, 15) is 4.79 Å². The van der Waals surface area contributed by atoms with Gasteiger partial charge in [-0.3, -0.25) is 4.79 Å². The first-order valence-corrected chi connectivity index (χ1v) is 5.98. The molecule has 2 nitrogen and oxygen atoms in total. The van der Waals surface area contributed by atoms with E-state index in [0.717, 1.165) is 10.5 Å². The topological polar surface area (TPSA) is 29.4 Å². The average molecular weight is 230 g/mol. The van der Waals surface area contributed by atoms with Crippen molar-refractivity contribution < 1.29 is 4.79 Å². The Morgan fingerprint density at radius 3 is 2.46 bits per heavy atom. The van der Waals surface area contributed by atoms with Gasteiger partial charge in [0.1, 0.15) is 0 Å². The maximum atomic E-state index is 10.8. The van der Waals surface area contributed by atoms with E-state index in [1.807, 2.05) is 0 Å². The van der Waals surface area contributed by atoms with Crippen LogP contribution in [-0.4, -0.2) is 11.0 Å². The molecule has 0 saturated carbocycles. The molecule has 66 valence electrons. The van der Waals surface area contributed by atoms with Crippen molar-refractivity contribution in [3.63, 3.8) is 0 Å². The van der Waals surface area contributed by atoms with Crippen molar-refractivity contribution in [3.05, 3.63) is 34.8 Å². The summed E-state index contributed by atoms with van der Waals surface area (Å²) < 4.78 is 3.96. The number of nitrogens with zero attached hydrogens (tertiary/aromatic N) is 1. The molecule has 1 heterocycles. The predicted molar refractivity (Wildman–Crippen MR) is 58.8 cm³/mol. The second-order valence-electron chi connectivity index (χ2n) is 2.39. The lowest BCUT2D eigenvalue weighted by atomic mass is 10.1. The number of carbonyl (C=O) groups is 1. The molecule has 0 unspecified atom stereocenters. The second kappa shape index (κ2) is 3.74. The number of halogens is 1. The molecular weight excluding hydrogens is 226 g/mol. The fraction of sp³-hybridized carbons (Fsp3) is 0.